The summed E-state index contributed by atoms with van der Waals surface area (Å²) < 4.78 is 0. The van der Waals surface area contributed by atoms with Gasteiger partial charge >= 0.3 is 0 Å². The van der Waals surface area contributed by atoms with E-state index in [-0.39, 0.29) is 27.1 Å². The van der Waals surface area contributed by atoms with E-state index in [9.17, 15) is 4.79 Å². The Morgan fingerprint density at radius 1 is 1.28 bits per heavy atom. The van der Waals surface area contributed by atoms with Gasteiger partial charge < -0.3 is 11.1 Å². The smallest absolute Gasteiger partial charge is 0.275 e. The maximum absolute atomic E-state index is 11.9. The standard InChI is InChI=1S/C10H7Cl3N4O/c11-4-1-5(12)8(6(13)2-4)16-10(18)9-7(14)3-15-17-9/h1-3H,14H2,(H,15,17)(H,16,18). The molecule has 1 aromatic carbocycles. The molecule has 0 fully saturated rings. The van der Waals surface area contributed by atoms with Gasteiger partial charge in [0.15, 0.2) is 0 Å². The van der Waals surface area contributed by atoms with Crippen molar-refractivity contribution in [2.45, 2.75) is 0 Å². The Labute approximate surface area is 117 Å². The van der Waals surface area contributed by atoms with E-state index in [1.54, 1.807) is 0 Å². The molecular weight excluding hydrogens is 298 g/mol. The van der Waals surface area contributed by atoms with Crippen molar-refractivity contribution in [1.29, 1.82) is 0 Å². The Morgan fingerprint density at radius 3 is 2.39 bits per heavy atom. The molecule has 2 rings (SSSR count). The zero-order valence-corrected chi connectivity index (χ0v) is 11.1. The highest BCUT2D eigenvalue weighted by Crippen LogP contribution is 2.34. The van der Waals surface area contributed by atoms with Gasteiger partial charge in [-0.25, -0.2) is 0 Å². The lowest BCUT2D eigenvalue weighted by Gasteiger charge is -2.09. The predicted molar refractivity (Wildman–Crippen MR) is 72.4 cm³/mol. The van der Waals surface area contributed by atoms with E-state index in [4.69, 9.17) is 40.5 Å². The first-order chi connectivity index (χ1) is 8.49. The number of rotatable bonds is 2. The highest BCUT2D eigenvalue weighted by Gasteiger charge is 2.15. The van der Waals surface area contributed by atoms with Gasteiger partial charge in [0.25, 0.3) is 5.91 Å². The second-order valence-corrected chi connectivity index (χ2v) is 4.65. The maximum atomic E-state index is 11.9. The summed E-state index contributed by atoms with van der Waals surface area (Å²) in [5.41, 5.74) is 6.19. The van der Waals surface area contributed by atoms with Gasteiger partial charge in [0, 0.05) is 5.02 Å². The number of aromatic nitrogens is 2. The van der Waals surface area contributed by atoms with Crippen molar-refractivity contribution in [3.63, 3.8) is 0 Å². The highest BCUT2D eigenvalue weighted by atomic mass is 35.5. The number of nitrogens with zero attached hydrogens (tertiary/aromatic N) is 1. The molecule has 0 saturated carbocycles. The third kappa shape index (κ3) is 2.53. The van der Waals surface area contributed by atoms with Gasteiger partial charge in [0.05, 0.1) is 27.6 Å². The van der Waals surface area contributed by atoms with Crippen LogP contribution in [0.1, 0.15) is 10.5 Å². The molecule has 0 unspecified atom stereocenters. The predicted octanol–water partition coefficient (Wildman–Crippen LogP) is 3.20. The fourth-order valence-corrected chi connectivity index (χ4v) is 2.23. The third-order valence-electron chi connectivity index (χ3n) is 2.14. The number of benzene rings is 1. The number of hydrogen-bond donors (Lipinski definition) is 3. The van der Waals surface area contributed by atoms with Crippen molar-refractivity contribution in [2.24, 2.45) is 0 Å². The van der Waals surface area contributed by atoms with Crippen LogP contribution < -0.4 is 11.1 Å². The first-order valence-corrected chi connectivity index (χ1v) is 5.87. The van der Waals surface area contributed by atoms with Crippen molar-refractivity contribution in [3.8, 4) is 0 Å². The Bertz CT molecular complexity index is 588. The minimum absolute atomic E-state index is 0.136. The SMILES string of the molecule is Nc1cn[nH]c1C(=O)Nc1c(Cl)cc(Cl)cc1Cl. The van der Waals surface area contributed by atoms with Crippen LogP contribution in [0.15, 0.2) is 18.3 Å². The zero-order valence-electron chi connectivity index (χ0n) is 8.80. The van der Waals surface area contributed by atoms with Crippen molar-refractivity contribution in [3.05, 3.63) is 39.1 Å². The number of nitrogen functional groups attached to an aromatic ring is 1. The first-order valence-electron chi connectivity index (χ1n) is 4.73. The molecule has 0 bridgehead atoms. The second kappa shape index (κ2) is 5.06. The summed E-state index contributed by atoms with van der Waals surface area (Å²) in [5, 5.41) is 9.51. The summed E-state index contributed by atoms with van der Waals surface area (Å²) in [6.07, 6.45) is 1.33. The van der Waals surface area contributed by atoms with E-state index >= 15 is 0 Å². The molecule has 0 radical (unpaired) electrons. The lowest BCUT2D eigenvalue weighted by molar-refractivity contribution is 0.102. The number of carbonyl (C=O) groups excluding carboxylic acids is 1. The molecule has 0 saturated heterocycles. The largest absolute Gasteiger partial charge is 0.396 e. The number of H-pyrrole nitrogens is 1. The van der Waals surface area contributed by atoms with Gasteiger partial charge in [0.2, 0.25) is 0 Å². The van der Waals surface area contributed by atoms with Gasteiger partial charge in [-0.2, -0.15) is 5.10 Å². The number of nitrogens with two attached hydrogens (primary N) is 1. The van der Waals surface area contributed by atoms with E-state index in [0.717, 1.165) is 0 Å². The zero-order chi connectivity index (χ0) is 13.3. The van der Waals surface area contributed by atoms with E-state index in [1.165, 1.54) is 18.3 Å². The number of nitrogens with one attached hydrogen (secondary N) is 2. The number of carbonyl (C=O) groups is 1. The quantitative estimate of drug-likeness (QED) is 0.796. The molecule has 1 aromatic heterocycles. The number of halogens is 3. The lowest BCUT2D eigenvalue weighted by atomic mass is 10.3. The molecule has 18 heavy (non-hydrogen) atoms. The average Bonchev–Trinajstić information content (AvgIpc) is 2.69. The van der Waals surface area contributed by atoms with Crippen molar-refractivity contribution in [2.75, 3.05) is 11.1 Å². The van der Waals surface area contributed by atoms with Crippen LogP contribution in [0.25, 0.3) is 0 Å². The molecule has 4 N–H and O–H groups in total. The minimum Gasteiger partial charge on any atom is -0.396 e. The van der Waals surface area contributed by atoms with Crippen LogP contribution in [-0.2, 0) is 0 Å². The molecule has 94 valence electrons. The molecule has 0 aliphatic heterocycles. The van der Waals surface area contributed by atoms with Crippen molar-refractivity contribution < 1.29 is 4.79 Å². The minimum atomic E-state index is -0.490. The van der Waals surface area contributed by atoms with Gasteiger partial charge in [0.1, 0.15) is 5.69 Å². The number of anilines is 2. The molecule has 0 aliphatic carbocycles. The van der Waals surface area contributed by atoms with Crippen LogP contribution in [0.5, 0.6) is 0 Å². The first kappa shape index (κ1) is 13.0. The molecule has 1 heterocycles. The summed E-state index contributed by atoms with van der Waals surface area (Å²) in [6, 6.07) is 2.95. The summed E-state index contributed by atoms with van der Waals surface area (Å²) in [5.74, 6) is -0.490. The van der Waals surface area contributed by atoms with E-state index in [2.05, 4.69) is 15.5 Å². The van der Waals surface area contributed by atoms with Crippen LogP contribution in [-0.4, -0.2) is 16.1 Å². The Balaban J connectivity index is 2.31. The fourth-order valence-electron chi connectivity index (χ4n) is 1.31. The summed E-state index contributed by atoms with van der Waals surface area (Å²) in [6.45, 7) is 0. The average molecular weight is 306 g/mol. The van der Waals surface area contributed by atoms with Crippen LogP contribution in [0.2, 0.25) is 15.1 Å². The normalized spacial score (nSPS) is 10.4. The number of aromatic amines is 1. The summed E-state index contributed by atoms with van der Waals surface area (Å²) in [4.78, 5) is 11.9. The van der Waals surface area contributed by atoms with Crippen LogP contribution in [0.4, 0.5) is 11.4 Å². The monoisotopic (exact) mass is 304 g/mol. The molecule has 5 nitrogen and oxygen atoms in total. The summed E-state index contributed by atoms with van der Waals surface area (Å²) >= 11 is 17.6. The molecular formula is C10H7Cl3N4O. The van der Waals surface area contributed by atoms with Crippen LogP contribution in [0, 0.1) is 0 Å². The van der Waals surface area contributed by atoms with Gasteiger partial charge in [-0.3, -0.25) is 9.89 Å². The third-order valence-corrected chi connectivity index (χ3v) is 2.96. The van der Waals surface area contributed by atoms with Crippen LogP contribution >= 0.6 is 34.8 Å². The van der Waals surface area contributed by atoms with E-state index in [0.29, 0.717) is 5.02 Å². The van der Waals surface area contributed by atoms with Crippen LogP contribution in [0.3, 0.4) is 0 Å². The Hall–Kier alpha value is -1.43. The number of amides is 1. The summed E-state index contributed by atoms with van der Waals surface area (Å²) in [7, 11) is 0. The molecule has 0 atom stereocenters. The fraction of sp³-hybridized carbons (Fsp3) is 0. The van der Waals surface area contributed by atoms with Gasteiger partial charge in [-0.1, -0.05) is 34.8 Å². The lowest BCUT2D eigenvalue weighted by Crippen LogP contribution is -2.14. The highest BCUT2D eigenvalue weighted by molar-refractivity contribution is 6.42. The Morgan fingerprint density at radius 2 is 1.89 bits per heavy atom. The maximum Gasteiger partial charge on any atom is 0.275 e. The second-order valence-electron chi connectivity index (χ2n) is 3.40. The van der Waals surface area contributed by atoms with Gasteiger partial charge in [-0.05, 0) is 12.1 Å². The molecule has 0 spiro atoms. The van der Waals surface area contributed by atoms with E-state index in [1.807, 2.05) is 0 Å². The van der Waals surface area contributed by atoms with Crippen molar-refractivity contribution >= 4 is 52.1 Å². The topological polar surface area (TPSA) is 83.8 Å². The van der Waals surface area contributed by atoms with Gasteiger partial charge in [-0.15, -0.1) is 0 Å². The molecule has 8 heteroatoms. The number of hydrogen-bond acceptors (Lipinski definition) is 3. The Kier molecular flexibility index (Phi) is 3.65. The molecule has 0 aliphatic rings. The molecule has 2 aromatic rings. The van der Waals surface area contributed by atoms with E-state index < -0.39 is 5.91 Å². The van der Waals surface area contributed by atoms with Crippen molar-refractivity contribution in [1.82, 2.24) is 10.2 Å². The molecule has 1 amide bonds.